The Labute approximate surface area is 76.7 Å². The molecule has 2 rings (SSSR count). The molecule has 3 atom stereocenters. The lowest BCUT2D eigenvalue weighted by Gasteiger charge is -2.39. The first-order valence-corrected chi connectivity index (χ1v) is 5.90. The maximum atomic E-state index is 2.37. The summed E-state index contributed by atoms with van der Waals surface area (Å²) < 4.78 is 0. The van der Waals surface area contributed by atoms with Crippen LogP contribution in [0.1, 0.15) is 58.3 Å². The van der Waals surface area contributed by atoms with E-state index >= 15 is 0 Å². The van der Waals surface area contributed by atoms with E-state index in [4.69, 9.17) is 0 Å². The molecule has 2 saturated carbocycles. The quantitative estimate of drug-likeness (QED) is 0.552. The second-order valence-corrected chi connectivity index (χ2v) is 4.89. The molecule has 0 spiro atoms. The van der Waals surface area contributed by atoms with E-state index in [1.165, 1.54) is 25.7 Å². The normalized spacial score (nSPS) is 42.2. The molecule has 0 aromatic heterocycles. The second-order valence-electron chi connectivity index (χ2n) is 4.89. The minimum absolute atomic E-state index is 1.09. The van der Waals surface area contributed by atoms with Gasteiger partial charge in [0.1, 0.15) is 0 Å². The average Bonchev–Trinajstić information content (AvgIpc) is 2.17. The van der Waals surface area contributed by atoms with E-state index < -0.39 is 0 Å². The van der Waals surface area contributed by atoms with E-state index in [0.717, 1.165) is 17.8 Å². The molecule has 2 aliphatic carbocycles. The first-order chi connectivity index (χ1) is 5.90. The summed E-state index contributed by atoms with van der Waals surface area (Å²) in [6, 6.07) is 0. The van der Waals surface area contributed by atoms with Crippen molar-refractivity contribution in [3.8, 4) is 0 Å². The van der Waals surface area contributed by atoms with Crippen molar-refractivity contribution in [2.45, 2.75) is 58.3 Å². The lowest BCUT2D eigenvalue weighted by molar-refractivity contribution is 0.128. The molecular formula is C12H22. The molecule has 2 aliphatic rings. The van der Waals surface area contributed by atoms with Crippen molar-refractivity contribution in [3.63, 3.8) is 0 Å². The van der Waals surface area contributed by atoms with Crippen molar-refractivity contribution in [1.82, 2.24) is 0 Å². The van der Waals surface area contributed by atoms with Gasteiger partial charge in [-0.3, -0.25) is 0 Å². The number of fused-ring (bicyclic) bond motifs is 1. The summed E-state index contributed by atoms with van der Waals surface area (Å²) in [4.78, 5) is 0. The molecule has 0 aliphatic heterocycles. The van der Waals surface area contributed by atoms with Crippen LogP contribution in [0.5, 0.6) is 0 Å². The fourth-order valence-corrected chi connectivity index (χ4v) is 3.34. The highest BCUT2D eigenvalue weighted by atomic mass is 14.4. The topological polar surface area (TPSA) is 0 Å². The maximum absolute atomic E-state index is 2.37. The molecule has 0 amide bonds. The summed E-state index contributed by atoms with van der Waals surface area (Å²) in [5, 5.41) is 0. The third-order valence-corrected chi connectivity index (χ3v) is 4.23. The van der Waals surface area contributed by atoms with E-state index in [1.807, 2.05) is 0 Å². The van der Waals surface area contributed by atoms with Gasteiger partial charge in [-0.15, -0.1) is 0 Å². The monoisotopic (exact) mass is 166 g/mol. The molecule has 0 bridgehead atoms. The van der Waals surface area contributed by atoms with E-state index in [0.29, 0.717) is 0 Å². The van der Waals surface area contributed by atoms with Crippen molar-refractivity contribution >= 4 is 0 Å². The van der Waals surface area contributed by atoms with Crippen LogP contribution in [-0.2, 0) is 0 Å². The van der Waals surface area contributed by atoms with Crippen molar-refractivity contribution in [2.24, 2.45) is 17.8 Å². The highest BCUT2D eigenvalue weighted by molar-refractivity contribution is 4.82. The van der Waals surface area contributed by atoms with Gasteiger partial charge in [0.25, 0.3) is 0 Å². The fourth-order valence-electron chi connectivity index (χ4n) is 3.34. The summed E-state index contributed by atoms with van der Waals surface area (Å²) in [6.07, 6.45) is 12.3. The van der Waals surface area contributed by atoms with E-state index in [-0.39, 0.29) is 0 Å². The van der Waals surface area contributed by atoms with Crippen LogP contribution in [0.15, 0.2) is 0 Å². The molecular weight excluding hydrogens is 144 g/mol. The van der Waals surface area contributed by atoms with Crippen LogP contribution < -0.4 is 0 Å². The van der Waals surface area contributed by atoms with Gasteiger partial charge in [-0.2, -0.15) is 0 Å². The van der Waals surface area contributed by atoms with Gasteiger partial charge in [-0.25, -0.2) is 0 Å². The summed E-state index contributed by atoms with van der Waals surface area (Å²) in [6.45, 7) is 2.37. The lowest BCUT2D eigenvalue weighted by Crippen LogP contribution is -2.27. The highest BCUT2D eigenvalue weighted by Gasteiger charge is 2.30. The van der Waals surface area contributed by atoms with Crippen LogP contribution >= 0.6 is 0 Å². The summed E-state index contributed by atoms with van der Waals surface area (Å²) in [5.41, 5.74) is 0. The van der Waals surface area contributed by atoms with Gasteiger partial charge < -0.3 is 0 Å². The zero-order valence-electron chi connectivity index (χ0n) is 8.39. The van der Waals surface area contributed by atoms with Crippen LogP contribution in [0.4, 0.5) is 0 Å². The first kappa shape index (κ1) is 8.59. The second kappa shape index (κ2) is 3.81. The van der Waals surface area contributed by atoms with Gasteiger partial charge in [0, 0.05) is 0 Å². The molecule has 0 saturated heterocycles. The van der Waals surface area contributed by atoms with E-state index in [2.05, 4.69) is 6.92 Å². The standard InChI is InChI=1S/C12H22/c1-2-10-7-8-11-5-3-4-6-12(11)9-10/h10-12H,2-9H2,1H3/t10-,11-,12-/m1/s1. The largest absolute Gasteiger partial charge is 0.0651 e. The van der Waals surface area contributed by atoms with E-state index in [1.54, 1.807) is 25.7 Å². The van der Waals surface area contributed by atoms with Gasteiger partial charge in [-0.1, -0.05) is 45.4 Å². The molecule has 0 heteroatoms. The Kier molecular flexibility index (Phi) is 2.73. The molecule has 0 unspecified atom stereocenters. The zero-order valence-corrected chi connectivity index (χ0v) is 8.39. The molecule has 0 aromatic rings. The van der Waals surface area contributed by atoms with Gasteiger partial charge in [0.05, 0.1) is 0 Å². The maximum Gasteiger partial charge on any atom is -0.0383 e. The summed E-state index contributed by atoms with van der Waals surface area (Å²) in [7, 11) is 0. The zero-order chi connectivity index (χ0) is 8.39. The van der Waals surface area contributed by atoms with Crippen molar-refractivity contribution in [1.29, 1.82) is 0 Å². The van der Waals surface area contributed by atoms with Gasteiger partial charge in [0.2, 0.25) is 0 Å². The van der Waals surface area contributed by atoms with Gasteiger partial charge in [0.15, 0.2) is 0 Å². The fraction of sp³-hybridized carbons (Fsp3) is 1.00. The molecule has 0 aromatic carbocycles. The Morgan fingerprint density at radius 2 is 1.67 bits per heavy atom. The molecule has 70 valence electrons. The molecule has 0 radical (unpaired) electrons. The third-order valence-electron chi connectivity index (χ3n) is 4.23. The number of hydrogen-bond acceptors (Lipinski definition) is 0. The number of rotatable bonds is 1. The Morgan fingerprint density at radius 1 is 0.917 bits per heavy atom. The first-order valence-electron chi connectivity index (χ1n) is 5.90. The van der Waals surface area contributed by atoms with Crippen LogP contribution in [-0.4, -0.2) is 0 Å². The number of hydrogen-bond donors (Lipinski definition) is 0. The summed E-state index contributed by atoms with van der Waals surface area (Å²) in [5.74, 6) is 3.36. The predicted molar refractivity (Wildman–Crippen MR) is 53.1 cm³/mol. The molecule has 0 heterocycles. The predicted octanol–water partition coefficient (Wildman–Crippen LogP) is 4.00. The van der Waals surface area contributed by atoms with Crippen LogP contribution in [0, 0.1) is 17.8 Å². The van der Waals surface area contributed by atoms with Gasteiger partial charge >= 0.3 is 0 Å². The van der Waals surface area contributed by atoms with Crippen LogP contribution in [0.25, 0.3) is 0 Å². The van der Waals surface area contributed by atoms with Crippen molar-refractivity contribution < 1.29 is 0 Å². The third kappa shape index (κ3) is 1.67. The molecule has 12 heavy (non-hydrogen) atoms. The van der Waals surface area contributed by atoms with Gasteiger partial charge in [-0.05, 0) is 30.6 Å². The van der Waals surface area contributed by atoms with Crippen molar-refractivity contribution in [2.75, 3.05) is 0 Å². The molecule has 2 fully saturated rings. The Balaban J connectivity index is 1.90. The smallest absolute Gasteiger partial charge is 0.0383 e. The summed E-state index contributed by atoms with van der Waals surface area (Å²) >= 11 is 0. The van der Waals surface area contributed by atoms with Crippen molar-refractivity contribution in [3.05, 3.63) is 0 Å². The highest BCUT2D eigenvalue weighted by Crippen LogP contribution is 2.43. The average molecular weight is 166 g/mol. The van der Waals surface area contributed by atoms with E-state index in [9.17, 15) is 0 Å². The minimum atomic E-state index is 1.09. The lowest BCUT2D eigenvalue weighted by atomic mass is 9.67. The molecule has 0 N–H and O–H groups in total. The van der Waals surface area contributed by atoms with Crippen LogP contribution in [0.2, 0.25) is 0 Å². The minimum Gasteiger partial charge on any atom is -0.0651 e. The Bertz CT molecular complexity index is 139. The SMILES string of the molecule is CC[C@@H]1CC[C@H]2CCCC[C@@H]2C1. The van der Waals surface area contributed by atoms with Crippen LogP contribution in [0.3, 0.4) is 0 Å². The Morgan fingerprint density at radius 3 is 2.42 bits per heavy atom. The molecule has 0 nitrogen and oxygen atoms in total. The Hall–Kier alpha value is 0.